The minimum absolute atomic E-state index is 0.102. The third-order valence-electron chi connectivity index (χ3n) is 2.80. The van der Waals surface area contributed by atoms with E-state index in [1.165, 1.54) is 6.07 Å². The van der Waals surface area contributed by atoms with Crippen molar-refractivity contribution in [2.75, 3.05) is 12.3 Å². The van der Waals surface area contributed by atoms with Gasteiger partial charge in [-0.1, -0.05) is 6.92 Å². The molecule has 0 saturated carbocycles. The lowest BCUT2D eigenvalue weighted by Crippen LogP contribution is -2.23. The van der Waals surface area contributed by atoms with Gasteiger partial charge in [0.05, 0.1) is 11.3 Å². The number of benzene rings is 1. The van der Waals surface area contributed by atoms with E-state index in [0.29, 0.717) is 11.2 Å². The van der Waals surface area contributed by atoms with Gasteiger partial charge < -0.3 is 11.1 Å². The number of amides is 1. The number of hydrogen-bond acceptors (Lipinski definition) is 3. The molecule has 0 bridgehead atoms. The molecule has 1 aromatic carbocycles. The molecule has 7 heteroatoms. The van der Waals surface area contributed by atoms with E-state index in [-0.39, 0.29) is 21.9 Å². The number of nitrogens with one attached hydrogen (secondary N) is 1. The van der Waals surface area contributed by atoms with Crippen molar-refractivity contribution in [3.05, 3.63) is 28.6 Å². The number of nitrogen functional groups attached to an aromatic ring is 1. The molecule has 0 aliphatic heterocycles. The van der Waals surface area contributed by atoms with Crippen LogP contribution in [-0.2, 0) is 6.18 Å². The lowest BCUT2D eigenvalue weighted by molar-refractivity contribution is -0.137. The van der Waals surface area contributed by atoms with E-state index in [0.717, 1.165) is 29.9 Å². The Kier molecular flexibility index (Phi) is 3.89. The Labute approximate surface area is 117 Å². The fourth-order valence-corrected chi connectivity index (χ4v) is 2.80. The fourth-order valence-electron chi connectivity index (χ4n) is 1.78. The van der Waals surface area contributed by atoms with Crippen LogP contribution in [0, 0.1) is 0 Å². The predicted octanol–water partition coefficient (Wildman–Crippen LogP) is 3.64. The molecule has 1 amide bonds. The highest BCUT2D eigenvalue weighted by Gasteiger charge is 2.31. The van der Waals surface area contributed by atoms with Crippen molar-refractivity contribution >= 4 is 33.0 Å². The van der Waals surface area contributed by atoms with Crippen LogP contribution in [-0.4, -0.2) is 12.5 Å². The number of nitrogens with two attached hydrogens (primary N) is 1. The van der Waals surface area contributed by atoms with Gasteiger partial charge in [0.25, 0.3) is 5.91 Å². The molecule has 0 radical (unpaired) electrons. The second-order valence-corrected chi connectivity index (χ2v) is 5.36. The van der Waals surface area contributed by atoms with Crippen molar-refractivity contribution in [1.29, 1.82) is 0 Å². The summed E-state index contributed by atoms with van der Waals surface area (Å²) in [6, 6.07) is 3.32. The number of rotatable bonds is 3. The number of carbonyl (C=O) groups excluding carboxylic acids is 1. The molecule has 1 aromatic heterocycles. The van der Waals surface area contributed by atoms with Gasteiger partial charge in [0, 0.05) is 16.6 Å². The molecule has 0 atom stereocenters. The lowest BCUT2D eigenvalue weighted by Gasteiger charge is -2.06. The second kappa shape index (κ2) is 5.32. The molecular formula is C13H13F3N2OS. The second-order valence-electron chi connectivity index (χ2n) is 4.31. The van der Waals surface area contributed by atoms with Gasteiger partial charge in [0.1, 0.15) is 4.88 Å². The third kappa shape index (κ3) is 2.72. The highest BCUT2D eigenvalue weighted by atomic mass is 32.1. The Morgan fingerprint density at radius 2 is 2.10 bits per heavy atom. The van der Waals surface area contributed by atoms with Crippen molar-refractivity contribution in [2.24, 2.45) is 0 Å². The first-order chi connectivity index (χ1) is 9.34. The van der Waals surface area contributed by atoms with Gasteiger partial charge in [0.15, 0.2) is 0 Å². The number of halogens is 3. The SMILES string of the molecule is CCCNC(=O)c1sc2ccc(C(F)(F)F)cc2c1N. The Morgan fingerprint density at radius 3 is 2.70 bits per heavy atom. The van der Waals surface area contributed by atoms with Crippen LogP contribution in [0.2, 0.25) is 0 Å². The Balaban J connectivity index is 2.45. The maximum absolute atomic E-state index is 12.7. The summed E-state index contributed by atoms with van der Waals surface area (Å²) in [7, 11) is 0. The van der Waals surface area contributed by atoms with Gasteiger partial charge in [0.2, 0.25) is 0 Å². The smallest absolute Gasteiger partial charge is 0.397 e. The molecule has 0 fully saturated rings. The van der Waals surface area contributed by atoms with E-state index in [9.17, 15) is 18.0 Å². The summed E-state index contributed by atoms with van der Waals surface area (Å²) in [5.41, 5.74) is 5.14. The lowest BCUT2D eigenvalue weighted by atomic mass is 10.1. The first kappa shape index (κ1) is 14.6. The van der Waals surface area contributed by atoms with Crippen molar-refractivity contribution in [3.63, 3.8) is 0 Å². The third-order valence-corrected chi connectivity index (χ3v) is 3.98. The van der Waals surface area contributed by atoms with E-state index in [1.54, 1.807) is 0 Å². The molecule has 3 nitrogen and oxygen atoms in total. The van der Waals surface area contributed by atoms with E-state index in [2.05, 4.69) is 5.32 Å². The highest BCUT2D eigenvalue weighted by Crippen LogP contribution is 2.38. The van der Waals surface area contributed by atoms with Gasteiger partial charge in [-0.25, -0.2) is 0 Å². The molecule has 0 unspecified atom stereocenters. The van der Waals surface area contributed by atoms with E-state index < -0.39 is 11.7 Å². The number of alkyl halides is 3. The van der Waals surface area contributed by atoms with Crippen molar-refractivity contribution in [3.8, 4) is 0 Å². The minimum atomic E-state index is -4.42. The summed E-state index contributed by atoms with van der Waals surface area (Å²) in [6.45, 7) is 2.41. The Bertz CT molecular complexity index is 649. The van der Waals surface area contributed by atoms with Crippen molar-refractivity contribution in [2.45, 2.75) is 19.5 Å². The molecule has 2 rings (SSSR count). The molecule has 1 heterocycles. The molecule has 20 heavy (non-hydrogen) atoms. The Morgan fingerprint density at radius 1 is 1.40 bits per heavy atom. The molecule has 0 aliphatic carbocycles. The summed E-state index contributed by atoms with van der Waals surface area (Å²) in [5, 5.41) is 2.93. The number of carbonyl (C=O) groups is 1. The molecule has 2 aromatic rings. The van der Waals surface area contributed by atoms with Crippen molar-refractivity contribution in [1.82, 2.24) is 5.32 Å². The fraction of sp³-hybridized carbons (Fsp3) is 0.308. The van der Waals surface area contributed by atoms with Crippen molar-refractivity contribution < 1.29 is 18.0 Å². The Hall–Kier alpha value is -1.76. The number of anilines is 1. The van der Waals surface area contributed by atoms with Gasteiger partial charge >= 0.3 is 6.18 Å². The molecule has 0 aliphatic rings. The number of thiophene rings is 1. The summed E-state index contributed by atoms with van der Waals surface area (Å²) >= 11 is 1.10. The molecule has 0 spiro atoms. The number of hydrogen-bond donors (Lipinski definition) is 2. The van der Waals surface area contributed by atoms with Crippen LogP contribution < -0.4 is 11.1 Å². The summed E-state index contributed by atoms with van der Waals surface area (Å²) < 4.78 is 38.6. The normalized spacial score (nSPS) is 11.8. The molecular weight excluding hydrogens is 289 g/mol. The average Bonchev–Trinajstić information content (AvgIpc) is 2.72. The van der Waals surface area contributed by atoms with Gasteiger partial charge in [-0.3, -0.25) is 4.79 Å². The number of fused-ring (bicyclic) bond motifs is 1. The maximum atomic E-state index is 12.7. The monoisotopic (exact) mass is 302 g/mol. The van der Waals surface area contributed by atoms with E-state index in [1.807, 2.05) is 6.92 Å². The van der Waals surface area contributed by atoms with Crippen LogP contribution in [0.1, 0.15) is 28.6 Å². The van der Waals surface area contributed by atoms with Crippen LogP contribution in [0.15, 0.2) is 18.2 Å². The summed E-state index contributed by atoms with van der Waals surface area (Å²) in [6.07, 6.45) is -3.65. The molecule has 3 N–H and O–H groups in total. The standard InChI is InChI=1S/C13H13F3N2OS/c1-2-5-18-12(19)11-10(17)8-6-7(13(14,15)16)3-4-9(8)20-11/h3-4,6H,2,5,17H2,1H3,(H,18,19). The van der Waals surface area contributed by atoms with Gasteiger partial charge in [-0.05, 0) is 24.6 Å². The topological polar surface area (TPSA) is 55.1 Å². The quantitative estimate of drug-likeness (QED) is 0.909. The van der Waals surface area contributed by atoms with Crippen LogP contribution >= 0.6 is 11.3 Å². The zero-order valence-corrected chi connectivity index (χ0v) is 11.5. The maximum Gasteiger partial charge on any atom is 0.416 e. The first-order valence-corrected chi connectivity index (χ1v) is 6.83. The average molecular weight is 302 g/mol. The highest BCUT2D eigenvalue weighted by molar-refractivity contribution is 7.21. The van der Waals surface area contributed by atoms with Gasteiger partial charge in [-0.2, -0.15) is 13.2 Å². The van der Waals surface area contributed by atoms with E-state index >= 15 is 0 Å². The summed E-state index contributed by atoms with van der Waals surface area (Å²) in [4.78, 5) is 12.1. The zero-order chi connectivity index (χ0) is 14.9. The van der Waals surface area contributed by atoms with Crippen LogP contribution in [0.25, 0.3) is 10.1 Å². The van der Waals surface area contributed by atoms with Crippen LogP contribution in [0.3, 0.4) is 0 Å². The summed E-state index contributed by atoms with van der Waals surface area (Å²) in [5.74, 6) is -0.348. The van der Waals surface area contributed by atoms with E-state index in [4.69, 9.17) is 5.73 Å². The van der Waals surface area contributed by atoms with Crippen LogP contribution in [0.5, 0.6) is 0 Å². The molecule has 108 valence electrons. The van der Waals surface area contributed by atoms with Gasteiger partial charge in [-0.15, -0.1) is 11.3 Å². The molecule has 0 saturated heterocycles. The van der Waals surface area contributed by atoms with Crippen LogP contribution in [0.4, 0.5) is 18.9 Å². The minimum Gasteiger partial charge on any atom is -0.397 e. The first-order valence-electron chi connectivity index (χ1n) is 6.02. The largest absolute Gasteiger partial charge is 0.416 e. The zero-order valence-electron chi connectivity index (χ0n) is 10.7. The predicted molar refractivity (Wildman–Crippen MR) is 73.9 cm³/mol.